The molecule has 3 rings (SSSR count). The van der Waals surface area contributed by atoms with Gasteiger partial charge in [0.25, 0.3) is 0 Å². The van der Waals surface area contributed by atoms with Gasteiger partial charge < -0.3 is 14.2 Å². The van der Waals surface area contributed by atoms with Crippen LogP contribution < -0.4 is 0 Å². The van der Waals surface area contributed by atoms with Crippen LogP contribution in [-0.2, 0) is 4.74 Å². The fraction of sp³-hybridized carbons (Fsp3) is 0.385. The van der Waals surface area contributed by atoms with E-state index in [1.165, 1.54) is 0 Å². The molecule has 0 radical (unpaired) electrons. The summed E-state index contributed by atoms with van der Waals surface area (Å²) in [5.41, 5.74) is 0.857. The Balaban J connectivity index is 2.08. The largest absolute Gasteiger partial charge is 0.478 e. The van der Waals surface area contributed by atoms with E-state index in [2.05, 4.69) is 4.98 Å². The lowest BCUT2D eigenvalue weighted by Crippen LogP contribution is -2.16. The molecule has 1 aliphatic heterocycles. The molecule has 0 aliphatic carbocycles. The molecular weight excluding hydrogens is 268 g/mol. The molecule has 2 aromatic rings. The number of carbonyl (C=O) groups is 1. The molecule has 6 heteroatoms. The molecule has 2 aromatic heterocycles. The highest BCUT2D eigenvalue weighted by atomic mass is 35.5. The van der Waals surface area contributed by atoms with Crippen molar-refractivity contribution in [2.24, 2.45) is 0 Å². The third-order valence-corrected chi connectivity index (χ3v) is 3.74. The van der Waals surface area contributed by atoms with Gasteiger partial charge in [0.2, 0.25) is 0 Å². The molecule has 5 nitrogen and oxygen atoms in total. The second-order valence-corrected chi connectivity index (χ2v) is 4.98. The monoisotopic (exact) mass is 280 g/mol. The number of imidazole rings is 1. The Bertz CT molecular complexity index is 632. The summed E-state index contributed by atoms with van der Waals surface area (Å²) < 4.78 is 7.22. The van der Waals surface area contributed by atoms with Crippen LogP contribution in [0.5, 0.6) is 0 Å². The third-order valence-electron chi connectivity index (χ3n) is 3.46. The van der Waals surface area contributed by atoms with Gasteiger partial charge in [0.1, 0.15) is 5.82 Å². The van der Waals surface area contributed by atoms with Gasteiger partial charge >= 0.3 is 5.97 Å². The molecule has 0 atom stereocenters. The summed E-state index contributed by atoms with van der Waals surface area (Å²) in [5, 5.41) is 9.35. The smallest absolute Gasteiger partial charge is 0.335 e. The van der Waals surface area contributed by atoms with E-state index in [1.54, 1.807) is 18.3 Å². The minimum atomic E-state index is -0.965. The van der Waals surface area contributed by atoms with E-state index in [0.29, 0.717) is 16.6 Å². The number of rotatable bonds is 2. The van der Waals surface area contributed by atoms with Gasteiger partial charge in [-0.3, -0.25) is 0 Å². The van der Waals surface area contributed by atoms with Gasteiger partial charge in [-0.2, -0.15) is 0 Å². The van der Waals surface area contributed by atoms with Gasteiger partial charge in [-0.25, -0.2) is 9.78 Å². The first-order chi connectivity index (χ1) is 9.16. The highest BCUT2D eigenvalue weighted by molar-refractivity contribution is 6.32. The Morgan fingerprint density at radius 3 is 2.89 bits per heavy atom. The molecule has 0 saturated carbocycles. The van der Waals surface area contributed by atoms with Crippen LogP contribution >= 0.6 is 11.6 Å². The van der Waals surface area contributed by atoms with Crippen molar-refractivity contribution in [1.82, 2.24) is 9.38 Å². The van der Waals surface area contributed by atoms with Crippen molar-refractivity contribution in [3.63, 3.8) is 0 Å². The predicted octanol–water partition coefficient (Wildman–Crippen LogP) is 2.58. The van der Waals surface area contributed by atoms with Crippen molar-refractivity contribution >= 4 is 23.1 Å². The molecule has 0 amide bonds. The quantitative estimate of drug-likeness (QED) is 0.918. The number of hydrogen-bond donors (Lipinski definition) is 1. The number of hydrogen-bond acceptors (Lipinski definition) is 3. The van der Waals surface area contributed by atoms with Crippen molar-refractivity contribution < 1.29 is 14.6 Å². The van der Waals surface area contributed by atoms with Crippen molar-refractivity contribution in [1.29, 1.82) is 0 Å². The maximum atomic E-state index is 11.0. The van der Waals surface area contributed by atoms with Crippen molar-refractivity contribution in [2.45, 2.75) is 18.8 Å². The number of carboxylic acid groups (broad SMARTS) is 1. The Morgan fingerprint density at radius 1 is 1.47 bits per heavy atom. The van der Waals surface area contributed by atoms with Gasteiger partial charge in [-0.05, 0) is 25.0 Å². The van der Waals surface area contributed by atoms with E-state index in [-0.39, 0.29) is 5.56 Å². The first kappa shape index (κ1) is 12.4. The average molecular weight is 281 g/mol. The molecule has 0 aromatic carbocycles. The second kappa shape index (κ2) is 4.83. The Kier molecular flexibility index (Phi) is 3.16. The number of pyridine rings is 1. The molecule has 1 saturated heterocycles. The fourth-order valence-corrected chi connectivity index (χ4v) is 2.68. The summed E-state index contributed by atoms with van der Waals surface area (Å²) in [6.07, 6.45) is 3.55. The van der Waals surface area contributed by atoms with Crippen LogP contribution in [-0.4, -0.2) is 33.7 Å². The normalized spacial score (nSPS) is 16.9. The van der Waals surface area contributed by atoms with Gasteiger partial charge in [0.05, 0.1) is 11.1 Å². The molecule has 3 heterocycles. The zero-order chi connectivity index (χ0) is 13.4. The van der Waals surface area contributed by atoms with Crippen LogP contribution in [0.3, 0.4) is 0 Å². The number of ether oxygens (including phenoxy) is 1. The summed E-state index contributed by atoms with van der Waals surface area (Å²) in [7, 11) is 0. The molecule has 1 aliphatic rings. The number of halogens is 1. The highest BCUT2D eigenvalue weighted by Gasteiger charge is 2.22. The molecule has 0 unspecified atom stereocenters. The first-order valence-electron chi connectivity index (χ1n) is 6.15. The van der Waals surface area contributed by atoms with E-state index >= 15 is 0 Å². The van der Waals surface area contributed by atoms with Crippen molar-refractivity contribution in [2.75, 3.05) is 13.2 Å². The van der Waals surface area contributed by atoms with Crippen LogP contribution in [0.15, 0.2) is 18.3 Å². The van der Waals surface area contributed by atoms with Crippen LogP contribution in [0, 0.1) is 0 Å². The van der Waals surface area contributed by atoms with Gasteiger partial charge in [0.15, 0.2) is 5.15 Å². The molecular formula is C13H13ClN2O3. The Labute approximate surface area is 114 Å². The molecule has 100 valence electrons. The number of aromatic nitrogens is 2. The number of carboxylic acids is 1. The summed E-state index contributed by atoms with van der Waals surface area (Å²) in [6.45, 7) is 1.45. The lowest BCUT2D eigenvalue weighted by molar-refractivity contribution is 0.0697. The minimum Gasteiger partial charge on any atom is -0.478 e. The standard InChI is InChI=1S/C13H13ClN2O3/c14-11-10-7-9(13(17)18)1-4-16(10)12(15-11)8-2-5-19-6-3-8/h1,4,7-8H,2-3,5-6H2,(H,17,18). The zero-order valence-electron chi connectivity index (χ0n) is 10.2. The van der Waals surface area contributed by atoms with Crippen LogP contribution in [0.1, 0.15) is 34.9 Å². The molecule has 1 fully saturated rings. The number of aromatic carboxylic acids is 1. The van der Waals surface area contributed by atoms with Crippen LogP contribution in [0.4, 0.5) is 0 Å². The van der Waals surface area contributed by atoms with Crippen molar-refractivity contribution in [3.8, 4) is 0 Å². The first-order valence-corrected chi connectivity index (χ1v) is 6.53. The van der Waals surface area contributed by atoms with E-state index in [1.807, 2.05) is 4.40 Å². The third kappa shape index (κ3) is 2.19. The Morgan fingerprint density at radius 2 is 2.21 bits per heavy atom. The van der Waals surface area contributed by atoms with Gasteiger partial charge in [0, 0.05) is 25.3 Å². The van der Waals surface area contributed by atoms with Crippen LogP contribution in [0.25, 0.3) is 5.52 Å². The second-order valence-electron chi connectivity index (χ2n) is 4.62. The topological polar surface area (TPSA) is 63.8 Å². The molecule has 1 N–H and O–H groups in total. The maximum Gasteiger partial charge on any atom is 0.335 e. The zero-order valence-corrected chi connectivity index (χ0v) is 10.9. The fourth-order valence-electron chi connectivity index (χ4n) is 2.45. The summed E-state index contributed by atoms with van der Waals surface area (Å²) >= 11 is 6.12. The van der Waals surface area contributed by atoms with Gasteiger partial charge in [-0.15, -0.1) is 0 Å². The summed E-state index contributed by atoms with van der Waals surface area (Å²) in [5.74, 6) is 0.233. The SMILES string of the molecule is O=C(O)c1ccn2c(C3CCOCC3)nc(Cl)c2c1. The lowest BCUT2D eigenvalue weighted by atomic mass is 9.99. The number of fused-ring (bicyclic) bond motifs is 1. The lowest BCUT2D eigenvalue weighted by Gasteiger charge is -2.20. The highest BCUT2D eigenvalue weighted by Crippen LogP contribution is 2.30. The average Bonchev–Trinajstić information content (AvgIpc) is 2.77. The molecule has 19 heavy (non-hydrogen) atoms. The predicted molar refractivity (Wildman–Crippen MR) is 70.0 cm³/mol. The molecule has 0 bridgehead atoms. The van der Waals surface area contributed by atoms with Crippen molar-refractivity contribution in [3.05, 3.63) is 34.9 Å². The Hall–Kier alpha value is -1.59. The van der Waals surface area contributed by atoms with E-state index < -0.39 is 5.97 Å². The summed E-state index contributed by atoms with van der Waals surface area (Å²) in [6, 6.07) is 3.12. The van der Waals surface area contributed by atoms with E-state index in [4.69, 9.17) is 21.4 Å². The summed E-state index contributed by atoms with van der Waals surface area (Å²) in [4.78, 5) is 15.4. The van der Waals surface area contributed by atoms with Crippen LogP contribution in [0.2, 0.25) is 5.15 Å². The maximum absolute atomic E-state index is 11.0. The molecule has 0 spiro atoms. The van der Waals surface area contributed by atoms with E-state index in [0.717, 1.165) is 31.9 Å². The van der Waals surface area contributed by atoms with Gasteiger partial charge in [-0.1, -0.05) is 11.6 Å². The van der Waals surface area contributed by atoms with E-state index in [9.17, 15) is 4.79 Å². The number of nitrogens with zero attached hydrogens (tertiary/aromatic N) is 2. The minimum absolute atomic E-state index is 0.216.